The number of β-amino-alcohol motifs (C(OH)–C–C–N with tert-alkyl or cyclic N) is 1. The van der Waals surface area contributed by atoms with Gasteiger partial charge in [0.25, 0.3) is 5.91 Å². The summed E-state index contributed by atoms with van der Waals surface area (Å²) in [5, 5.41) is 14.3. The minimum Gasteiger partial charge on any atom is -0.484 e. The summed E-state index contributed by atoms with van der Waals surface area (Å²) in [6, 6.07) is 9.61. The molecule has 2 aliphatic rings. The smallest absolute Gasteiger partial charge is 0.260 e. The van der Waals surface area contributed by atoms with Crippen molar-refractivity contribution < 1.29 is 19.4 Å². The quantitative estimate of drug-likeness (QED) is 0.619. The molecule has 2 N–H and O–H groups in total. The molecular weight excluding hydrogens is 410 g/mol. The summed E-state index contributed by atoms with van der Waals surface area (Å²) < 4.78 is 10.9. The molecule has 0 unspecified atom stereocenters. The molecule has 2 aromatic rings. The zero-order valence-corrected chi connectivity index (χ0v) is 18.5. The minimum absolute atomic E-state index is 0.0185. The predicted molar refractivity (Wildman–Crippen MR) is 120 cm³/mol. The van der Waals surface area contributed by atoms with Gasteiger partial charge < -0.3 is 29.7 Å². The number of benzene rings is 1. The lowest BCUT2D eigenvalue weighted by atomic mass is 10.0. The summed E-state index contributed by atoms with van der Waals surface area (Å²) in [6.45, 7) is 6.83. The molecular formula is C23H31N5O4. The van der Waals surface area contributed by atoms with Crippen molar-refractivity contribution in [3.63, 3.8) is 0 Å². The second-order valence-corrected chi connectivity index (χ2v) is 8.44. The van der Waals surface area contributed by atoms with E-state index in [0.29, 0.717) is 58.1 Å². The van der Waals surface area contributed by atoms with Gasteiger partial charge in [-0.05, 0) is 31.0 Å². The van der Waals surface area contributed by atoms with E-state index in [2.05, 4.69) is 20.2 Å². The number of anilines is 1. The number of carbonyl (C=O) groups is 1. The van der Waals surface area contributed by atoms with Crippen LogP contribution >= 0.6 is 0 Å². The number of carbonyl (C=O) groups excluding carboxylic acids is 1. The maximum Gasteiger partial charge on any atom is 0.260 e. The van der Waals surface area contributed by atoms with Gasteiger partial charge in [-0.3, -0.25) is 4.79 Å². The number of aromatic nitrogens is 2. The van der Waals surface area contributed by atoms with Gasteiger partial charge in [-0.15, -0.1) is 0 Å². The van der Waals surface area contributed by atoms with Crippen LogP contribution in [0.3, 0.4) is 0 Å². The Kier molecular flexibility index (Phi) is 7.19. The fourth-order valence-corrected chi connectivity index (χ4v) is 4.00. The fourth-order valence-electron chi connectivity index (χ4n) is 4.00. The Labute approximate surface area is 188 Å². The lowest BCUT2D eigenvalue weighted by Gasteiger charge is -2.26. The fraction of sp³-hybridized carbons (Fsp3) is 0.522. The number of hydrogen-bond acceptors (Lipinski definition) is 8. The first-order valence-corrected chi connectivity index (χ1v) is 11.0. The van der Waals surface area contributed by atoms with E-state index in [1.165, 1.54) is 0 Å². The van der Waals surface area contributed by atoms with Gasteiger partial charge in [-0.1, -0.05) is 12.1 Å². The molecule has 3 heterocycles. The van der Waals surface area contributed by atoms with Crippen molar-refractivity contribution in [2.24, 2.45) is 0 Å². The Balaban J connectivity index is 1.19. The lowest BCUT2D eigenvalue weighted by Crippen LogP contribution is -2.43. The molecule has 1 amide bonds. The van der Waals surface area contributed by atoms with Crippen LogP contribution in [0.4, 0.5) is 5.82 Å². The summed E-state index contributed by atoms with van der Waals surface area (Å²) >= 11 is 0. The van der Waals surface area contributed by atoms with Crippen LogP contribution in [0, 0.1) is 6.92 Å². The maximum absolute atomic E-state index is 12.2. The Hall–Kier alpha value is -2.75. The van der Waals surface area contributed by atoms with Crippen molar-refractivity contribution >= 4 is 11.7 Å². The number of aliphatic hydroxyl groups is 1. The molecule has 32 heavy (non-hydrogen) atoms. The number of rotatable bonds is 8. The number of ether oxygens (including phenoxy) is 2. The highest BCUT2D eigenvalue weighted by Crippen LogP contribution is 2.25. The second-order valence-electron chi connectivity index (χ2n) is 8.44. The van der Waals surface area contributed by atoms with E-state index in [1.807, 2.05) is 37.3 Å². The van der Waals surface area contributed by atoms with E-state index >= 15 is 0 Å². The molecule has 2 aliphatic heterocycles. The van der Waals surface area contributed by atoms with Gasteiger partial charge in [0.2, 0.25) is 0 Å². The summed E-state index contributed by atoms with van der Waals surface area (Å²) in [5.41, 5.74) is 1.21. The van der Waals surface area contributed by atoms with Crippen LogP contribution in [-0.2, 0) is 16.1 Å². The summed E-state index contributed by atoms with van der Waals surface area (Å²) in [7, 11) is 0. The first-order chi connectivity index (χ1) is 15.5. The molecule has 1 aromatic carbocycles. The van der Waals surface area contributed by atoms with Crippen molar-refractivity contribution in [3.05, 3.63) is 47.9 Å². The van der Waals surface area contributed by atoms with E-state index in [4.69, 9.17) is 9.47 Å². The van der Waals surface area contributed by atoms with Gasteiger partial charge in [-0.2, -0.15) is 0 Å². The molecule has 0 radical (unpaired) electrons. The Morgan fingerprint density at radius 3 is 2.75 bits per heavy atom. The van der Waals surface area contributed by atoms with E-state index in [-0.39, 0.29) is 12.5 Å². The van der Waals surface area contributed by atoms with Gasteiger partial charge >= 0.3 is 0 Å². The highest BCUT2D eigenvalue weighted by Gasteiger charge is 2.36. The molecule has 9 heteroatoms. The number of nitrogens with zero attached hydrogens (tertiary/aromatic N) is 4. The van der Waals surface area contributed by atoms with Gasteiger partial charge in [0.05, 0.1) is 18.8 Å². The highest BCUT2D eigenvalue weighted by atomic mass is 16.5. The number of morpholine rings is 1. The Morgan fingerprint density at radius 1 is 1.22 bits per heavy atom. The first-order valence-electron chi connectivity index (χ1n) is 11.0. The number of hydrogen-bond donors (Lipinski definition) is 2. The SMILES string of the molecule is Cc1cc(N2CC[C@](O)(CNCc3ccc(OCC(=O)N4CCOCC4)cc3)C2)ncn1. The van der Waals surface area contributed by atoms with Crippen LogP contribution in [0.2, 0.25) is 0 Å². The van der Waals surface area contributed by atoms with Gasteiger partial charge in [0.15, 0.2) is 6.61 Å². The van der Waals surface area contributed by atoms with Crippen LogP contribution in [0.5, 0.6) is 5.75 Å². The number of nitrogens with one attached hydrogen (secondary N) is 1. The molecule has 0 spiro atoms. The third-order valence-corrected chi connectivity index (χ3v) is 5.88. The van der Waals surface area contributed by atoms with Crippen LogP contribution in [0.1, 0.15) is 17.7 Å². The van der Waals surface area contributed by atoms with Crippen LogP contribution in [-0.4, -0.2) is 84.0 Å². The molecule has 1 aromatic heterocycles. The number of aryl methyl sites for hydroxylation is 1. The van der Waals surface area contributed by atoms with Crippen molar-refractivity contribution in [3.8, 4) is 5.75 Å². The van der Waals surface area contributed by atoms with E-state index < -0.39 is 5.60 Å². The summed E-state index contributed by atoms with van der Waals surface area (Å²) in [6.07, 6.45) is 2.25. The molecule has 4 rings (SSSR count). The van der Waals surface area contributed by atoms with Crippen LogP contribution < -0.4 is 15.0 Å². The standard InChI is InChI=1S/C23H31N5O4/c1-18-12-21(26-17-25-18)28-7-6-23(30,16-28)15-24-13-19-2-4-20(5-3-19)32-14-22(29)27-8-10-31-11-9-27/h2-5,12,17,24,30H,6-11,13-16H2,1H3/t23-/m0/s1. The van der Waals surface area contributed by atoms with Gasteiger partial charge in [0, 0.05) is 51.0 Å². The van der Waals surface area contributed by atoms with Crippen molar-refractivity contribution in [1.82, 2.24) is 20.2 Å². The maximum atomic E-state index is 12.2. The monoisotopic (exact) mass is 441 g/mol. The normalized spacial score (nSPS) is 21.1. The zero-order chi connectivity index (χ0) is 22.4. The molecule has 2 saturated heterocycles. The molecule has 2 fully saturated rings. The third kappa shape index (κ3) is 5.93. The largest absolute Gasteiger partial charge is 0.484 e. The molecule has 172 valence electrons. The van der Waals surface area contributed by atoms with Crippen LogP contribution in [0.25, 0.3) is 0 Å². The lowest BCUT2D eigenvalue weighted by molar-refractivity contribution is -0.137. The van der Waals surface area contributed by atoms with Gasteiger partial charge in [0.1, 0.15) is 17.9 Å². The van der Waals surface area contributed by atoms with Crippen molar-refractivity contribution in [1.29, 1.82) is 0 Å². The molecule has 0 bridgehead atoms. The van der Waals surface area contributed by atoms with E-state index in [0.717, 1.165) is 23.6 Å². The average molecular weight is 442 g/mol. The second kappa shape index (κ2) is 10.2. The summed E-state index contributed by atoms with van der Waals surface area (Å²) in [5.74, 6) is 1.51. The van der Waals surface area contributed by atoms with E-state index in [9.17, 15) is 9.90 Å². The van der Waals surface area contributed by atoms with Crippen molar-refractivity contribution in [2.75, 3.05) is 57.4 Å². The third-order valence-electron chi connectivity index (χ3n) is 5.88. The molecule has 9 nitrogen and oxygen atoms in total. The Bertz CT molecular complexity index is 904. The first kappa shape index (κ1) is 22.4. The highest BCUT2D eigenvalue weighted by molar-refractivity contribution is 5.77. The predicted octanol–water partition coefficient (Wildman–Crippen LogP) is 0.754. The summed E-state index contributed by atoms with van der Waals surface area (Å²) in [4.78, 5) is 24.5. The number of amides is 1. The Morgan fingerprint density at radius 2 is 2.00 bits per heavy atom. The molecule has 0 aliphatic carbocycles. The van der Waals surface area contributed by atoms with E-state index in [1.54, 1.807) is 11.2 Å². The average Bonchev–Trinajstić information content (AvgIpc) is 3.21. The zero-order valence-electron chi connectivity index (χ0n) is 18.5. The van der Waals surface area contributed by atoms with Gasteiger partial charge in [-0.25, -0.2) is 9.97 Å². The molecule has 0 saturated carbocycles. The topological polar surface area (TPSA) is 100 Å². The molecule has 1 atom stereocenters. The van der Waals surface area contributed by atoms with Crippen molar-refractivity contribution in [2.45, 2.75) is 25.5 Å². The van der Waals surface area contributed by atoms with Crippen LogP contribution in [0.15, 0.2) is 36.7 Å². The minimum atomic E-state index is -0.790.